The molecule has 0 spiro atoms. The van der Waals surface area contributed by atoms with Gasteiger partial charge in [0, 0.05) is 50.7 Å². The molecule has 0 aromatic heterocycles. The molecule has 1 aliphatic heterocycles. The van der Waals surface area contributed by atoms with Crippen molar-refractivity contribution in [3.63, 3.8) is 0 Å². The van der Waals surface area contributed by atoms with Crippen molar-refractivity contribution in [2.75, 3.05) is 39.8 Å². The molecule has 0 aliphatic carbocycles. The van der Waals surface area contributed by atoms with E-state index >= 15 is 0 Å². The Hall–Kier alpha value is -1.10. The number of nitrogens with zero attached hydrogens (tertiary/aromatic N) is 2. The van der Waals surface area contributed by atoms with Crippen LogP contribution in [-0.2, 0) is 11.3 Å². The maximum absolute atomic E-state index is 12.1. The minimum Gasteiger partial charge on any atom is -0.340 e. The van der Waals surface area contributed by atoms with E-state index in [9.17, 15) is 4.79 Å². The molecule has 0 unspecified atom stereocenters. The van der Waals surface area contributed by atoms with Crippen LogP contribution in [0.15, 0.2) is 24.3 Å². The van der Waals surface area contributed by atoms with E-state index < -0.39 is 0 Å². The molecule has 0 bridgehead atoms. The molecule has 0 radical (unpaired) electrons. The van der Waals surface area contributed by atoms with Gasteiger partial charge in [0.15, 0.2) is 0 Å². The number of nitrogens with one attached hydrogen (secondary N) is 1. The molecule has 0 saturated carbocycles. The number of rotatable bonds is 5. The number of benzene rings is 1. The molecule has 1 amide bonds. The van der Waals surface area contributed by atoms with Crippen molar-refractivity contribution in [1.29, 1.82) is 0 Å². The third-order valence-corrected chi connectivity index (χ3v) is 3.75. The summed E-state index contributed by atoms with van der Waals surface area (Å²) in [5.74, 6) is 0.254. The summed E-state index contributed by atoms with van der Waals surface area (Å²) in [6.07, 6.45) is 0.580. The Morgan fingerprint density at radius 1 is 1.40 bits per heavy atom. The molecule has 110 valence electrons. The smallest absolute Gasteiger partial charge is 0.223 e. The van der Waals surface area contributed by atoms with Gasteiger partial charge in [0.2, 0.25) is 5.91 Å². The first-order chi connectivity index (χ1) is 9.65. The average Bonchev–Trinajstić information content (AvgIpc) is 2.46. The van der Waals surface area contributed by atoms with Gasteiger partial charge in [0.05, 0.1) is 0 Å². The van der Waals surface area contributed by atoms with Crippen LogP contribution in [0.3, 0.4) is 0 Å². The molecule has 4 nitrogen and oxygen atoms in total. The Bertz CT molecular complexity index is 446. The quantitative estimate of drug-likeness (QED) is 0.896. The zero-order chi connectivity index (χ0) is 14.4. The van der Waals surface area contributed by atoms with E-state index in [-0.39, 0.29) is 5.91 Å². The number of hydrogen-bond donors (Lipinski definition) is 1. The predicted octanol–water partition coefficient (Wildman–Crippen LogP) is 1.59. The lowest BCUT2D eigenvalue weighted by atomic mass is 10.2. The Kier molecular flexibility index (Phi) is 5.83. The van der Waals surface area contributed by atoms with Crippen molar-refractivity contribution in [3.05, 3.63) is 34.9 Å². The highest BCUT2D eigenvalue weighted by molar-refractivity contribution is 6.30. The van der Waals surface area contributed by atoms with Gasteiger partial charge in [-0.3, -0.25) is 4.79 Å². The fourth-order valence-electron chi connectivity index (χ4n) is 2.38. The minimum absolute atomic E-state index is 0.254. The van der Waals surface area contributed by atoms with Gasteiger partial charge in [-0.1, -0.05) is 23.7 Å². The summed E-state index contributed by atoms with van der Waals surface area (Å²) in [5.41, 5.74) is 1.18. The number of piperazine rings is 1. The number of carbonyl (C=O) groups excluding carboxylic acids is 1. The lowest BCUT2D eigenvalue weighted by molar-refractivity contribution is -0.132. The Morgan fingerprint density at radius 3 is 2.85 bits per heavy atom. The first-order valence-corrected chi connectivity index (χ1v) is 7.44. The van der Waals surface area contributed by atoms with Gasteiger partial charge in [-0.2, -0.15) is 0 Å². The van der Waals surface area contributed by atoms with Crippen molar-refractivity contribution in [2.24, 2.45) is 0 Å². The average molecular weight is 296 g/mol. The summed E-state index contributed by atoms with van der Waals surface area (Å²) < 4.78 is 0. The largest absolute Gasteiger partial charge is 0.340 e. The Morgan fingerprint density at radius 2 is 2.15 bits per heavy atom. The molecule has 0 atom stereocenters. The highest BCUT2D eigenvalue weighted by Gasteiger charge is 2.16. The van der Waals surface area contributed by atoms with Crippen molar-refractivity contribution in [1.82, 2.24) is 15.1 Å². The second-order valence-corrected chi connectivity index (χ2v) is 5.68. The van der Waals surface area contributed by atoms with E-state index in [1.165, 1.54) is 5.56 Å². The van der Waals surface area contributed by atoms with E-state index in [0.29, 0.717) is 6.42 Å². The number of amides is 1. The normalized spacial score (nSPS) is 15.7. The number of hydrogen-bond acceptors (Lipinski definition) is 3. The number of halogens is 1. The van der Waals surface area contributed by atoms with Crippen molar-refractivity contribution in [2.45, 2.75) is 13.0 Å². The Labute approximate surface area is 125 Å². The third kappa shape index (κ3) is 4.78. The van der Waals surface area contributed by atoms with E-state index in [4.69, 9.17) is 11.6 Å². The highest BCUT2D eigenvalue weighted by Crippen LogP contribution is 2.12. The van der Waals surface area contributed by atoms with Crippen LogP contribution in [0.4, 0.5) is 0 Å². The molecule has 1 saturated heterocycles. The Balaban J connectivity index is 1.74. The fraction of sp³-hybridized carbons (Fsp3) is 0.533. The molecular weight excluding hydrogens is 274 g/mol. The third-order valence-electron chi connectivity index (χ3n) is 3.52. The molecule has 5 heteroatoms. The van der Waals surface area contributed by atoms with Gasteiger partial charge < -0.3 is 15.1 Å². The second kappa shape index (κ2) is 7.62. The summed E-state index contributed by atoms with van der Waals surface area (Å²) in [6.45, 7) is 5.06. The molecule has 1 aliphatic rings. The van der Waals surface area contributed by atoms with Crippen LogP contribution < -0.4 is 5.32 Å². The summed E-state index contributed by atoms with van der Waals surface area (Å²) >= 11 is 5.97. The van der Waals surface area contributed by atoms with Gasteiger partial charge in [-0.25, -0.2) is 0 Å². The molecule has 1 aromatic rings. The summed E-state index contributed by atoms with van der Waals surface area (Å²) in [6, 6.07) is 7.85. The molecule has 1 fully saturated rings. The first kappa shape index (κ1) is 15.3. The van der Waals surface area contributed by atoms with E-state index in [1.807, 2.05) is 30.1 Å². The standard InChI is InChI=1S/C15H22ClN3O/c1-18(12-13-3-2-4-14(16)11-13)8-5-15(20)19-9-6-17-7-10-19/h2-4,11,17H,5-10,12H2,1H3. The van der Waals surface area contributed by atoms with Gasteiger partial charge in [0.25, 0.3) is 0 Å². The van der Waals surface area contributed by atoms with Crippen molar-refractivity contribution < 1.29 is 4.79 Å². The summed E-state index contributed by atoms with van der Waals surface area (Å²) in [5, 5.41) is 4.01. The lowest BCUT2D eigenvalue weighted by Crippen LogP contribution is -2.47. The monoisotopic (exact) mass is 295 g/mol. The van der Waals surface area contributed by atoms with Crippen LogP contribution >= 0.6 is 11.6 Å². The molecule has 20 heavy (non-hydrogen) atoms. The van der Waals surface area contributed by atoms with Crippen LogP contribution in [0.25, 0.3) is 0 Å². The van der Waals surface area contributed by atoms with Gasteiger partial charge in [-0.05, 0) is 24.7 Å². The van der Waals surface area contributed by atoms with Gasteiger partial charge >= 0.3 is 0 Å². The van der Waals surface area contributed by atoms with E-state index in [0.717, 1.165) is 44.3 Å². The zero-order valence-corrected chi connectivity index (χ0v) is 12.7. The molecule has 1 N–H and O–H groups in total. The maximum atomic E-state index is 12.1. The molecular formula is C15H22ClN3O. The maximum Gasteiger partial charge on any atom is 0.223 e. The summed E-state index contributed by atoms with van der Waals surface area (Å²) in [4.78, 5) is 16.2. The first-order valence-electron chi connectivity index (χ1n) is 7.06. The topological polar surface area (TPSA) is 35.6 Å². The predicted molar refractivity (Wildman–Crippen MR) is 81.9 cm³/mol. The minimum atomic E-state index is 0.254. The van der Waals surface area contributed by atoms with Crippen LogP contribution in [0, 0.1) is 0 Å². The molecule has 1 heterocycles. The number of carbonyl (C=O) groups is 1. The fourth-order valence-corrected chi connectivity index (χ4v) is 2.60. The van der Waals surface area contributed by atoms with Crippen molar-refractivity contribution in [3.8, 4) is 0 Å². The van der Waals surface area contributed by atoms with Crippen LogP contribution in [-0.4, -0.2) is 55.5 Å². The SMILES string of the molecule is CN(CCC(=O)N1CCNCC1)Cc1cccc(Cl)c1. The van der Waals surface area contributed by atoms with E-state index in [2.05, 4.69) is 16.3 Å². The summed E-state index contributed by atoms with van der Waals surface area (Å²) in [7, 11) is 2.03. The van der Waals surface area contributed by atoms with Crippen LogP contribution in [0.5, 0.6) is 0 Å². The zero-order valence-electron chi connectivity index (χ0n) is 11.9. The highest BCUT2D eigenvalue weighted by atomic mass is 35.5. The van der Waals surface area contributed by atoms with E-state index in [1.54, 1.807) is 0 Å². The molecule has 2 rings (SSSR count). The van der Waals surface area contributed by atoms with Gasteiger partial charge in [-0.15, -0.1) is 0 Å². The lowest BCUT2D eigenvalue weighted by Gasteiger charge is -2.28. The van der Waals surface area contributed by atoms with Crippen LogP contribution in [0.1, 0.15) is 12.0 Å². The van der Waals surface area contributed by atoms with Gasteiger partial charge in [0.1, 0.15) is 0 Å². The second-order valence-electron chi connectivity index (χ2n) is 5.25. The van der Waals surface area contributed by atoms with Crippen molar-refractivity contribution >= 4 is 17.5 Å². The molecule has 1 aromatic carbocycles. The van der Waals surface area contributed by atoms with Crippen LogP contribution in [0.2, 0.25) is 5.02 Å².